The number of carbonyl (C=O) groups excluding carboxylic acids is 1. The topological polar surface area (TPSA) is 108 Å². The van der Waals surface area contributed by atoms with Crippen LogP contribution in [0.1, 0.15) is 51.2 Å². The van der Waals surface area contributed by atoms with Gasteiger partial charge in [-0.25, -0.2) is 9.48 Å². The molecule has 1 fully saturated rings. The fraction of sp³-hybridized carbons (Fsp3) is 0.429. The highest BCUT2D eigenvalue weighted by Gasteiger charge is 2.21. The normalized spacial score (nSPS) is 14.3. The molecule has 2 heterocycles. The Morgan fingerprint density at radius 1 is 1.14 bits per heavy atom. The SMILES string of the molecule is COCCC1CCN(c2ccc(NC(=O)Nc3cn(-c4ccc(C(C)(C)C)cc4)nn3)cc2C#N)CC1. The molecule has 0 bridgehead atoms. The number of nitriles is 1. The van der Waals surface area contributed by atoms with Crippen LogP contribution < -0.4 is 15.5 Å². The maximum Gasteiger partial charge on any atom is 0.324 e. The van der Waals surface area contributed by atoms with Crippen molar-refractivity contribution >= 4 is 23.2 Å². The molecule has 1 saturated heterocycles. The Kier molecular flexibility index (Phi) is 8.09. The maximum absolute atomic E-state index is 12.6. The molecule has 4 rings (SSSR count). The molecule has 0 saturated carbocycles. The Morgan fingerprint density at radius 3 is 2.51 bits per heavy atom. The van der Waals surface area contributed by atoms with Gasteiger partial charge in [-0.15, -0.1) is 5.10 Å². The zero-order valence-electron chi connectivity index (χ0n) is 22.0. The van der Waals surface area contributed by atoms with Gasteiger partial charge < -0.3 is 15.0 Å². The number of anilines is 3. The molecule has 1 aliphatic heterocycles. The highest BCUT2D eigenvalue weighted by atomic mass is 16.5. The summed E-state index contributed by atoms with van der Waals surface area (Å²) in [7, 11) is 1.74. The van der Waals surface area contributed by atoms with E-state index in [9.17, 15) is 10.1 Å². The average Bonchev–Trinajstić information content (AvgIpc) is 3.35. The first kappa shape index (κ1) is 26.2. The number of amides is 2. The van der Waals surface area contributed by atoms with Gasteiger partial charge in [0.25, 0.3) is 0 Å². The molecule has 0 aliphatic carbocycles. The summed E-state index contributed by atoms with van der Waals surface area (Å²) >= 11 is 0. The fourth-order valence-electron chi connectivity index (χ4n) is 4.57. The minimum Gasteiger partial charge on any atom is -0.385 e. The van der Waals surface area contributed by atoms with Crippen molar-refractivity contribution in [2.75, 3.05) is 42.3 Å². The maximum atomic E-state index is 12.6. The van der Waals surface area contributed by atoms with Crippen LogP contribution in [0.2, 0.25) is 0 Å². The predicted molar refractivity (Wildman–Crippen MR) is 145 cm³/mol. The van der Waals surface area contributed by atoms with Crippen LogP contribution in [0.4, 0.5) is 22.0 Å². The van der Waals surface area contributed by atoms with Crippen LogP contribution in [-0.4, -0.2) is 47.8 Å². The molecule has 37 heavy (non-hydrogen) atoms. The third-order valence-corrected chi connectivity index (χ3v) is 6.79. The van der Waals surface area contributed by atoms with E-state index < -0.39 is 6.03 Å². The zero-order chi connectivity index (χ0) is 26.4. The van der Waals surface area contributed by atoms with E-state index in [0.717, 1.165) is 50.3 Å². The number of carbonyl (C=O) groups is 1. The molecule has 0 atom stereocenters. The van der Waals surface area contributed by atoms with Crippen molar-refractivity contribution in [3.8, 4) is 11.8 Å². The summed E-state index contributed by atoms with van der Waals surface area (Å²) in [5.41, 5.74) is 4.13. The zero-order valence-corrected chi connectivity index (χ0v) is 22.0. The quantitative estimate of drug-likeness (QED) is 0.453. The smallest absolute Gasteiger partial charge is 0.324 e. The molecule has 194 valence electrons. The standard InChI is InChI=1S/C28H35N7O2/c1-28(2,3)22-5-8-24(9-6-22)35-19-26(32-33-35)31-27(36)30-23-7-10-25(21(17-23)18-29)34-14-11-20(12-15-34)13-16-37-4/h5-10,17,19-20H,11-16H2,1-4H3,(H2,30,31,36). The second-order valence-corrected chi connectivity index (χ2v) is 10.5. The summed E-state index contributed by atoms with van der Waals surface area (Å²) in [4.78, 5) is 14.8. The van der Waals surface area contributed by atoms with Gasteiger partial charge in [-0.05, 0) is 66.5 Å². The summed E-state index contributed by atoms with van der Waals surface area (Å²) < 4.78 is 6.82. The van der Waals surface area contributed by atoms with Gasteiger partial charge in [0.15, 0.2) is 5.82 Å². The van der Waals surface area contributed by atoms with Gasteiger partial charge >= 0.3 is 6.03 Å². The first-order chi connectivity index (χ1) is 17.8. The number of ether oxygens (including phenoxy) is 1. The van der Waals surface area contributed by atoms with E-state index in [1.54, 1.807) is 24.1 Å². The summed E-state index contributed by atoms with van der Waals surface area (Å²) in [5, 5.41) is 23.4. The van der Waals surface area contributed by atoms with E-state index in [1.165, 1.54) is 5.56 Å². The minimum atomic E-state index is -0.453. The van der Waals surface area contributed by atoms with Gasteiger partial charge in [-0.2, -0.15) is 5.26 Å². The third kappa shape index (κ3) is 6.66. The highest BCUT2D eigenvalue weighted by molar-refractivity contribution is 5.99. The van der Waals surface area contributed by atoms with Crippen LogP contribution in [0.25, 0.3) is 5.69 Å². The van der Waals surface area contributed by atoms with Crippen LogP contribution in [0.3, 0.4) is 0 Å². The number of nitrogens with one attached hydrogen (secondary N) is 2. The van der Waals surface area contributed by atoms with Gasteiger partial charge in [-0.3, -0.25) is 5.32 Å². The molecule has 2 N–H and O–H groups in total. The van der Waals surface area contributed by atoms with Crippen LogP contribution >= 0.6 is 0 Å². The fourth-order valence-corrected chi connectivity index (χ4v) is 4.57. The first-order valence-electron chi connectivity index (χ1n) is 12.7. The van der Waals surface area contributed by atoms with E-state index in [0.29, 0.717) is 23.0 Å². The van der Waals surface area contributed by atoms with Crippen LogP contribution in [-0.2, 0) is 10.2 Å². The van der Waals surface area contributed by atoms with Gasteiger partial charge in [0, 0.05) is 32.5 Å². The molecule has 9 heteroatoms. The lowest BCUT2D eigenvalue weighted by atomic mass is 9.87. The van der Waals surface area contributed by atoms with Crippen LogP contribution in [0.5, 0.6) is 0 Å². The summed E-state index contributed by atoms with van der Waals surface area (Å²) in [6.45, 7) is 9.10. The van der Waals surface area contributed by atoms with Crippen LogP contribution in [0, 0.1) is 17.2 Å². The van der Waals surface area contributed by atoms with Gasteiger partial charge in [-0.1, -0.05) is 38.1 Å². The Balaban J connectivity index is 1.35. The monoisotopic (exact) mass is 501 g/mol. The van der Waals surface area contributed by atoms with E-state index in [2.05, 4.69) is 64.8 Å². The summed E-state index contributed by atoms with van der Waals surface area (Å²) in [6, 6.07) is 15.3. The molecule has 2 aromatic carbocycles. The Morgan fingerprint density at radius 2 is 1.86 bits per heavy atom. The Labute approximate surface area is 218 Å². The molecule has 1 aromatic heterocycles. The molecular formula is C28H35N7O2. The largest absolute Gasteiger partial charge is 0.385 e. The number of methoxy groups -OCH3 is 1. The molecule has 2 amide bonds. The predicted octanol–water partition coefficient (Wildman–Crippen LogP) is 5.33. The molecule has 0 spiro atoms. The lowest BCUT2D eigenvalue weighted by Gasteiger charge is -2.34. The Hall–Kier alpha value is -3.90. The lowest BCUT2D eigenvalue weighted by molar-refractivity contribution is 0.170. The van der Waals surface area contributed by atoms with Crippen molar-refractivity contribution < 1.29 is 9.53 Å². The van der Waals surface area contributed by atoms with Crippen molar-refractivity contribution in [1.82, 2.24) is 15.0 Å². The molecule has 0 unspecified atom stereocenters. The van der Waals surface area contributed by atoms with E-state index >= 15 is 0 Å². The highest BCUT2D eigenvalue weighted by Crippen LogP contribution is 2.29. The molecule has 1 aliphatic rings. The molecule has 0 radical (unpaired) electrons. The second-order valence-electron chi connectivity index (χ2n) is 10.5. The van der Waals surface area contributed by atoms with Crippen molar-refractivity contribution in [1.29, 1.82) is 5.26 Å². The Bertz CT molecular complexity index is 1250. The van der Waals surface area contributed by atoms with Gasteiger partial charge in [0.2, 0.25) is 0 Å². The average molecular weight is 502 g/mol. The van der Waals surface area contributed by atoms with Gasteiger partial charge in [0.1, 0.15) is 6.07 Å². The van der Waals surface area contributed by atoms with Crippen molar-refractivity contribution in [3.63, 3.8) is 0 Å². The van der Waals surface area contributed by atoms with Crippen molar-refractivity contribution in [2.24, 2.45) is 5.92 Å². The summed E-state index contributed by atoms with van der Waals surface area (Å²) in [5.74, 6) is 0.984. The van der Waals surface area contributed by atoms with E-state index in [1.807, 2.05) is 24.3 Å². The molecule has 3 aromatic rings. The van der Waals surface area contributed by atoms with E-state index in [-0.39, 0.29) is 5.41 Å². The van der Waals surface area contributed by atoms with Crippen molar-refractivity contribution in [2.45, 2.75) is 45.4 Å². The van der Waals surface area contributed by atoms with Crippen molar-refractivity contribution in [3.05, 3.63) is 59.8 Å². The van der Waals surface area contributed by atoms with Gasteiger partial charge in [0.05, 0.1) is 23.1 Å². The number of rotatable bonds is 7. The second kappa shape index (κ2) is 11.4. The summed E-state index contributed by atoms with van der Waals surface area (Å²) in [6.07, 6.45) is 4.90. The molecule has 9 nitrogen and oxygen atoms in total. The number of piperidine rings is 1. The number of aromatic nitrogens is 3. The first-order valence-corrected chi connectivity index (χ1v) is 12.7. The lowest BCUT2D eigenvalue weighted by Crippen LogP contribution is -2.34. The number of urea groups is 1. The van der Waals surface area contributed by atoms with E-state index in [4.69, 9.17) is 4.74 Å². The number of benzene rings is 2. The third-order valence-electron chi connectivity index (χ3n) is 6.79. The number of nitrogens with zero attached hydrogens (tertiary/aromatic N) is 5. The number of hydrogen-bond acceptors (Lipinski definition) is 6. The minimum absolute atomic E-state index is 0.0657. The number of hydrogen-bond donors (Lipinski definition) is 2. The molecular weight excluding hydrogens is 466 g/mol. The van der Waals surface area contributed by atoms with Crippen LogP contribution in [0.15, 0.2) is 48.7 Å².